The van der Waals surface area contributed by atoms with Gasteiger partial charge in [0.15, 0.2) is 5.69 Å². The number of carboxylic acid groups (broad SMARTS) is 1. The van der Waals surface area contributed by atoms with Crippen LogP contribution in [-0.4, -0.2) is 39.3 Å². The van der Waals surface area contributed by atoms with Gasteiger partial charge in [-0.05, 0) is 31.9 Å². The fourth-order valence-electron chi connectivity index (χ4n) is 1.80. The summed E-state index contributed by atoms with van der Waals surface area (Å²) in [6.45, 7) is 5.90. The van der Waals surface area contributed by atoms with E-state index in [1.165, 1.54) is 6.07 Å². The van der Waals surface area contributed by atoms with Crippen LogP contribution in [0.2, 0.25) is 0 Å². The predicted molar refractivity (Wildman–Crippen MR) is 74.6 cm³/mol. The third kappa shape index (κ3) is 3.43. The summed E-state index contributed by atoms with van der Waals surface area (Å²) in [5, 5.41) is 22.5. The van der Waals surface area contributed by atoms with Gasteiger partial charge in [0.25, 0.3) is 5.91 Å². The van der Waals surface area contributed by atoms with Crippen LogP contribution in [0, 0.1) is 0 Å². The van der Waals surface area contributed by atoms with Crippen LogP contribution in [0.15, 0.2) is 12.1 Å². The number of nitrogens with one attached hydrogen (secondary N) is 2. The van der Waals surface area contributed by atoms with Crippen LogP contribution in [0.4, 0.5) is 5.82 Å². The highest BCUT2D eigenvalue weighted by Crippen LogP contribution is 2.21. The lowest BCUT2D eigenvalue weighted by Gasteiger charge is -2.28. The van der Waals surface area contributed by atoms with Crippen LogP contribution < -0.4 is 10.6 Å². The zero-order valence-corrected chi connectivity index (χ0v) is 11.9. The maximum atomic E-state index is 11.5. The van der Waals surface area contributed by atoms with Gasteiger partial charge >= 0.3 is 5.97 Å². The molecule has 0 saturated heterocycles. The van der Waals surface area contributed by atoms with Crippen molar-refractivity contribution in [1.29, 1.82) is 0 Å². The van der Waals surface area contributed by atoms with E-state index in [1.807, 2.05) is 6.92 Å². The van der Waals surface area contributed by atoms with E-state index < -0.39 is 11.5 Å². The molecule has 0 saturated carbocycles. The molecule has 1 amide bonds. The van der Waals surface area contributed by atoms with Gasteiger partial charge in [-0.2, -0.15) is 0 Å². The topological polar surface area (TPSA) is 104 Å². The highest BCUT2D eigenvalue weighted by Gasteiger charge is 2.35. The van der Waals surface area contributed by atoms with Crippen molar-refractivity contribution in [1.82, 2.24) is 15.5 Å². The minimum atomic E-state index is -1.07. The Hall–Kier alpha value is -2.18. The van der Waals surface area contributed by atoms with Crippen molar-refractivity contribution in [2.24, 2.45) is 0 Å². The zero-order valence-electron chi connectivity index (χ0n) is 11.9. The smallest absolute Gasteiger partial charge is 0.329 e. The highest BCUT2D eigenvalue weighted by molar-refractivity contribution is 5.92. The molecule has 0 bridgehead atoms. The first-order chi connectivity index (χ1) is 9.49. The molecule has 0 aliphatic rings. The molecule has 0 aliphatic carbocycles. The number of nitrogens with zero attached hydrogens (tertiary/aromatic N) is 2. The molecule has 0 radical (unpaired) electrons. The Morgan fingerprint density at radius 2 is 1.85 bits per heavy atom. The van der Waals surface area contributed by atoms with E-state index in [0.29, 0.717) is 25.2 Å². The Balaban J connectivity index is 2.88. The van der Waals surface area contributed by atoms with E-state index in [1.54, 1.807) is 19.9 Å². The first-order valence-electron chi connectivity index (χ1n) is 6.62. The molecule has 1 heterocycles. The average molecular weight is 280 g/mol. The third-order valence-electron chi connectivity index (χ3n) is 3.22. The first kappa shape index (κ1) is 15.9. The second kappa shape index (κ2) is 6.83. The van der Waals surface area contributed by atoms with E-state index in [9.17, 15) is 14.7 Å². The Kier molecular flexibility index (Phi) is 5.42. The molecule has 0 unspecified atom stereocenters. The number of hydrogen-bond acceptors (Lipinski definition) is 5. The minimum Gasteiger partial charge on any atom is -0.480 e. The fourth-order valence-corrected chi connectivity index (χ4v) is 1.80. The number of amides is 1. The van der Waals surface area contributed by atoms with Crippen LogP contribution in [0.25, 0.3) is 0 Å². The van der Waals surface area contributed by atoms with Crippen LogP contribution >= 0.6 is 0 Å². The van der Waals surface area contributed by atoms with Crippen molar-refractivity contribution >= 4 is 17.7 Å². The van der Waals surface area contributed by atoms with Gasteiger partial charge in [-0.1, -0.05) is 13.8 Å². The summed E-state index contributed by atoms with van der Waals surface area (Å²) in [6, 6.07) is 3.07. The van der Waals surface area contributed by atoms with Crippen molar-refractivity contribution in [3.63, 3.8) is 0 Å². The summed E-state index contributed by atoms with van der Waals surface area (Å²) < 4.78 is 0. The molecule has 1 aromatic heterocycles. The van der Waals surface area contributed by atoms with E-state index in [0.717, 1.165) is 0 Å². The lowest BCUT2D eigenvalue weighted by molar-refractivity contribution is -0.142. The van der Waals surface area contributed by atoms with E-state index in [4.69, 9.17) is 0 Å². The summed E-state index contributed by atoms with van der Waals surface area (Å²) >= 11 is 0. The Bertz CT molecular complexity index is 469. The molecule has 7 nitrogen and oxygen atoms in total. The molecule has 0 aliphatic heterocycles. The van der Waals surface area contributed by atoms with Crippen LogP contribution in [0.5, 0.6) is 0 Å². The summed E-state index contributed by atoms with van der Waals surface area (Å²) in [6.07, 6.45) is 0.831. The standard InChI is InChI=1S/C13H20N4O3/c1-4-13(5-2,12(19)20)15-10-8-7-9(16-17-10)11(18)14-6-3/h7-8H,4-6H2,1-3H3,(H,14,18)(H,15,17)(H,19,20). The lowest BCUT2D eigenvalue weighted by Crippen LogP contribution is -2.45. The summed E-state index contributed by atoms with van der Waals surface area (Å²) in [4.78, 5) is 22.9. The van der Waals surface area contributed by atoms with Gasteiger partial charge in [0.1, 0.15) is 11.4 Å². The van der Waals surface area contributed by atoms with Gasteiger partial charge in [-0.25, -0.2) is 4.79 Å². The molecule has 3 N–H and O–H groups in total. The minimum absolute atomic E-state index is 0.200. The average Bonchev–Trinajstić information content (AvgIpc) is 2.45. The van der Waals surface area contributed by atoms with Crippen molar-refractivity contribution in [3.05, 3.63) is 17.8 Å². The Labute approximate surface area is 117 Å². The first-order valence-corrected chi connectivity index (χ1v) is 6.62. The maximum Gasteiger partial charge on any atom is 0.329 e. The van der Waals surface area contributed by atoms with Crippen molar-refractivity contribution < 1.29 is 14.7 Å². The quantitative estimate of drug-likeness (QED) is 0.695. The predicted octanol–water partition coefficient (Wildman–Crippen LogP) is 1.28. The number of hydrogen-bond donors (Lipinski definition) is 3. The Morgan fingerprint density at radius 1 is 1.20 bits per heavy atom. The summed E-state index contributed by atoms with van der Waals surface area (Å²) in [7, 11) is 0. The van der Waals surface area contributed by atoms with Crippen molar-refractivity contribution in [2.75, 3.05) is 11.9 Å². The fraction of sp³-hybridized carbons (Fsp3) is 0.538. The molecule has 0 atom stereocenters. The number of carboxylic acids is 1. The van der Waals surface area contributed by atoms with E-state index in [2.05, 4.69) is 20.8 Å². The van der Waals surface area contributed by atoms with Crippen LogP contribution in [0.3, 0.4) is 0 Å². The van der Waals surface area contributed by atoms with Gasteiger partial charge < -0.3 is 15.7 Å². The summed E-state index contributed by atoms with van der Waals surface area (Å²) in [5.74, 6) is -0.900. The summed E-state index contributed by atoms with van der Waals surface area (Å²) in [5.41, 5.74) is -0.867. The molecule has 0 fully saturated rings. The molecule has 7 heteroatoms. The van der Waals surface area contributed by atoms with Gasteiger partial charge in [0, 0.05) is 6.54 Å². The second-order valence-electron chi connectivity index (χ2n) is 4.38. The molecule has 1 rings (SSSR count). The number of anilines is 1. The number of carbonyl (C=O) groups excluding carboxylic acids is 1. The monoisotopic (exact) mass is 280 g/mol. The van der Waals surface area contributed by atoms with E-state index >= 15 is 0 Å². The molecular formula is C13H20N4O3. The Morgan fingerprint density at radius 3 is 2.25 bits per heavy atom. The number of aliphatic carboxylic acids is 1. The maximum absolute atomic E-state index is 11.5. The molecule has 20 heavy (non-hydrogen) atoms. The molecule has 110 valence electrons. The molecule has 1 aromatic rings. The van der Waals surface area contributed by atoms with Crippen LogP contribution in [-0.2, 0) is 4.79 Å². The molecule has 0 aromatic carbocycles. The van der Waals surface area contributed by atoms with Gasteiger partial charge in [-0.3, -0.25) is 4.79 Å². The third-order valence-corrected chi connectivity index (χ3v) is 3.22. The van der Waals surface area contributed by atoms with Crippen molar-refractivity contribution in [2.45, 2.75) is 39.2 Å². The van der Waals surface area contributed by atoms with Crippen LogP contribution in [0.1, 0.15) is 44.1 Å². The highest BCUT2D eigenvalue weighted by atomic mass is 16.4. The number of aromatic nitrogens is 2. The molecule has 0 spiro atoms. The zero-order chi connectivity index (χ0) is 15.2. The van der Waals surface area contributed by atoms with Crippen molar-refractivity contribution in [3.8, 4) is 0 Å². The molecular weight excluding hydrogens is 260 g/mol. The van der Waals surface area contributed by atoms with Gasteiger partial charge in [0.05, 0.1) is 0 Å². The number of carbonyl (C=O) groups is 2. The second-order valence-corrected chi connectivity index (χ2v) is 4.38. The number of rotatable bonds is 7. The van der Waals surface area contributed by atoms with Gasteiger partial charge in [0.2, 0.25) is 0 Å². The largest absolute Gasteiger partial charge is 0.480 e. The SMILES string of the molecule is CCNC(=O)c1ccc(NC(CC)(CC)C(=O)O)nn1. The van der Waals surface area contributed by atoms with E-state index in [-0.39, 0.29) is 11.6 Å². The van der Waals surface area contributed by atoms with Gasteiger partial charge in [-0.15, -0.1) is 10.2 Å². The normalized spacial score (nSPS) is 10.9. The lowest BCUT2D eigenvalue weighted by atomic mass is 9.93.